The van der Waals surface area contributed by atoms with Crippen molar-refractivity contribution < 1.29 is 32.2 Å². The summed E-state index contributed by atoms with van der Waals surface area (Å²) in [5.41, 5.74) is 7.90. The molecule has 1 saturated heterocycles. The van der Waals surface area contributed by atoms with E-state index >= 15 is 8.78 Å². The lowest BCUT2D eigenvalue weighted by atomic mass is 9.96. The van der Waals surface area contributed by atoms with Gasteiger partial charge in [-0.05, 0) is 36.4 Å². The second-order valence-corrected chi connectivity index (χ2v) is 9.34. The molecule has 2 aromatic heterocycles. The number of hydrogen-bond acceptors (Lipinski definition) is 7. The first-order valence-corrected chi connectivity index (χ1v) is 12.1. The molecule has 202 valence electrons. The van der Waals surface area contributed by atoms with Crippen molar-refractivity contribution in [2.75, 3.05) is 48.7 Å². The Morgan fingerprint density at radius 2 is 2.11 bits per heavy atom. The van der Waals surface area contributed by atoms with E-state index in [1.807, 2.05) is 0 Å². The highest BCUT2D eigenvalue weighted by Crippen LogP contribution is 2.40. The number of alkyl halides is 3. The molecule has 2 aliphatic rings. The molecule has 0 spiro atoms. The standard InChI is InChI=1S/C25H26F4N6O3/c1-12-15(8-33-24-23(12)31-3-5-38-24)14-6-13-7-20(32-9-16(13)22(30)21(14)29)35(25(36)37)18-2-4-34(10-17(18)26)11-19(27)28/h6-9,17-19,31H,2-5,10-11,30H2,1H3,(H,36,37). The number of nitrogen functional groups attached to an aromatic ring is 1. The summed E-state index contributed by atoms with van der Waals surface area (Å²) in [6.45, 7) is 2.02. The Labute approximate surface area is 215 Å². The minimum absolute atomic E-state index is 0.00573. The highest BCUT2D eigenvalue weighted by atomic mass is 19.3. The Kier molecular flexibility index (Phi) is 6.86. The fraction of sp³-hybridized carbons (Fsp3) is 0.400. The second-order valence-electron chi connectivity index (χ2n) is 9.34. The summed E-state index contributed by atoms with van der Waals surface area (Å²) in [5, 5.41) is 13.8. The van der Waals surface area contributed by atoms with Gasteiger partial charge in [0.25, 0.3) is 6.43 Å². The van der Waals surface area contributed by atoms with Crippen LogP contribution in [0.3, 0.4) is 0 Å². The molecule has 2 unspecified atom stereocenters. The third kappa shape index (κ3) is 4.62. The van der Waals surface area contributed by atoms with E-state index < -0.39 is 37.1 Å². The van der Waals surface area contributed by atoms with E-state index in [2.05, 4.69) is 15.3 Å². The molecule has 1 aromatic carbocycles. The number of piperidine rings is 1. The Morgan fingerprint density at radius 1 is 1.32 bits per heavy atom. The first-order valence-electron chi connectivity index (χ1n) is 12.1. The lowest BCUT2D eigenvalue weighted by Crippen LogP contribution is -2.55. The third-order valence-corrected chi connectivity index (χ3v) is 6.99. The van der Waals surface area contributed by atoms with Crippen LogP contribution < -0.4 is 20.7 Å². The predicted octanol–water partition coefficient (Wildman–Crippen LogP) is 4.29. The molecule has 1 amide bonds. The number of rotatable bonds is 5. The zero-order chi connectivity index (χ0) is 27.1. The van der Waals surface area contributed by atoms with Crippen LogP contribution in [0.1, 0.15) is 12.0 Å². The van der Waals surface area contributed by atoms with Crippen molar-refractivity contribution in [3.05, 3.63) is 35.9 Å². The van der Waals surface area contributed by atoms with Crippen molar-refractivity contribution in [3.8, 4) is 17.0 Å². The van der Waals surface area contributed by atoms with Crippen molar-refractivity contribution in [2.24, 2.45) is 0 Å². The lowest BCUT2D eigenvalue weighted by molar-refractivity contribution is 0.0478. The molecular weight excluding hydrogens is 508 g/mol. The number of hydrogen-bond donors (Lipinski definition) is 3. The average Bonchev–Trinajstić information content (AvgIpc) is 2.88. The first-order chi connectivity index (χ1) is 18.2. The van der Waals surface area contributed by atoms with Gasteiger partial charge in [-0.2, -0.15) is 0 Å². The summed E-state index contributed by atoms with van der Waals surface area (Å²) >= 11 is 0. The van der Waals surface area contributed by atoms with Gasteiger partial charge >= 0.3 is 6.09 Å². The molecule has 3 aromatic rings. The highest BCUT2D eigenvalue weighted by Gasteiger charge is 2.38. The van der Waals surface area contributed by atoms with E-state index in [4.69, 9.17) is 10.5 Å². The van der Waals surface area contributed by atoms with Crippen LogP contribution in [0.2, 0.25) is 0 Å². The van der Waals surface area contributed by atoms with Gasteiger partial charge in [0.1, 0.15) is 24.3 Å². The first kappa shape index (κ1) is 25.8. The van der Waals surface area contributed by atoms with Crippen molar-refractivity contribution in [1.29, 1.82) is 0 Å². The van der Waals surface area contributed by atoms with Gasteiger partial charge in [0, 0.05) is 48.5 Å². The zero-order valence-corrected chi connectivity index (χ0v) is 20.4. The number of carboxylic acid groups (broad SMARTS) is 1. The van der Waals surface area contributed by atoms with Crippen molar-refractivity contribution in [3.63, 3.8) is 0 Å². The molecule has 2 aliphatic heterocycles. The number of halogens is 4. The summed E-state index contributed by atoms with van der Waals surface area (Å²) in [4.78, 5) is 22.7. The fourth-order valence-electron chi connectivity index (χ4n) is 5.12. The average molecular weight is 535 g/mol. The van der Waals surface area contributed by atoms with Crippen LogP contribution in [0.4, 0.5) is 39.5 Å². The van der Waals surface area contributed by atoms with Crippen LogP contribution in [-0.4, -0.2) is 77.5 Å². The minimum Gasteiger partial charge on any atom is -0.474 e. The number of nitrogens with one attached hydrogen (secondary N) is 1. The maximum Gasteiger partial charge on any atom is 0.413 e. The topological polar surface area (TPSA) is 117 Å². The summed E-state index contributed by atoms with van der Waals surface area (Å²) in [6.07, 6.45) is -3.03. The number of anilines is 3. The summed E-state index contributed by atoms with van der Waals surface area (Å²) in [5.74, 6) is -0.346. The second kappa shape index (κ2) is 10.1. The number of carbonyl (C=O) groups is 1. The van der Waals surface area contributed by atoms with Crippen LogP contribution in [0, 0.1) is 12.7 Å². The molecule has 0 aliphatic carbocycles. The van der Waals surface area contributed by atoms with E-state index in [0.717, 1.165) is 4.90 Å². The third-order valence-electron chi connectivity index (χ3n) is 6.99. The summed E-state index contributed by atoms with van der Waals surface area (Å²) < 4.78 is 61.5. The Balaban J connectivity index is 1.54. The van der Waals surface area contributed by atoms with Gasteiger partial charge in [0.2, 0.25) is 5.88 Å². The fourth-order valence-corrected chi connectivity index (χ4v) is 5.12. The SMILES string of the molecule is Cc1c(-c2cc3cc(N(C(=O)O)C4CCN(CC(F)F)CC4F)ncc3c(N)c2F)cnc2c1NCCO2. The van der Waals surface area contributed by atoms with E-state index in [9.17, 15) is 18.7 Å². The molecule has 0 radical (unpaired) electrons. The molecule has 4 heterocycles. The molecular formula is C25H26F4N6O3. The van der Waals surface area contributed by atoms with Crippen molar-refractivity contribution in [1.82, 2.24) is 14.9 Å². The molecule has 4 N–H and O–H groups in total. The van der Waals surface area contributed by atoms with Gasteiger partial charge < -0.3 is 20.9 Å². The molecule has 0 saturated carbocycles. The monoisotopic (exact) mass is 534 g/mol. The number of aromatic nitrogens is 2. The van der Waals surface area contributed by atoms with Gasteiger partial charge in [-0.1, -0.05) is 0 Å². The number of pyridine rings is 2. The van der Waals surface area contributed by atoms with Crippen LogP contribution in [0.15, 0.2) is 24.5 Å². The van der Waals surface area contributed by atoms with Gasteiger partial charge in [-0.15, -0.1) is 0 Å². The number of ether oxygens (including phenoxy) is 1. The molecule has 9 nitrogen and oxygen atoms in total. The minimum atomic E-state index is -2.62. The van der Waals surface area contributed by atoms with E-state index in [0.29, 0.717) is 41.2 Å². The smallest absolute Gasteiger partial charge is 0.413 e. The Hall–Kier alpha value is -3.87. The normalized spacial score (nSPS) is 19.6. The molecule has 5 rings (SSSR count). The quantitative estimate of drug-likeness (QED) is 0.328. The van der Waals surface area contributed by atoms with Gasteiger partial charge in [-0.3, -0.25) is 9.80 Å². The Bertz CT molecular complexity index is 1390. The van der Waals surface area contributed by atoms with Gasteiger partial charge in [-0.25, -0.2) is 32.3 Å². The van der Waals surface area contributed by atoms with Crippen LogP contribution in [-0.2, 0) is 0 Å². The zero-order valence-electron chi connectivity index (χ0n) is 20.4. The van der Waals surface area contributed by atoms with Crippen LogP contribution in [0.5, 0.6) is 5.88 Å². The predicted molar refractivity (Wildman–Crippen MR) is 134 cm³/mol. The number of nitrogens with two attached hydrogens (primary N) is 1. The Morgan fingerprint density at radius 3 is 2.82 bits per heavy atom. The lowest BCUT2D eigenvalue weighted by Gasteiger charge is -2.38. The van der Waals surface area contributed by atoms with E-state index in [1.165, 1.54) is 29.4 Å². The summed E-state index contributed by atoms with van der Waals surface area (Å²) in [7, 11) is 0. The molecule has 0 bridgehead atoms. The highest BCUT2D eigenvalue weighted by molar-refractivity contribution is 5.99. The van der Waals surface area contributed by atoms with Crippen LogP contribution >= 0.6 is 0 Å². The van der Waals surface area contributed by atoms with E-state index in [1.54, 1.807) is 6.92 Å². The molecule has 13 heteroatoms. The van der Waals surface area contributed by atoms with Crippen molar-refractivity contribution in [2.45, 2.75) is 32.0 Å². The number of nitrogens with zero attached hydrogens (tertiary/aromatic N) is 4. The maximum atomic E-state index is 15.4. The molecule has 38 heavy (non-hydrogen) atoms. The number of amides is 1. The number of benzene rings is 1. The van der Waals surface area contributed by atoms with Crippen LogP contribution in [0.25, 0.3) is 21.9 Å². The van der Waals surface area contributed by atoms with Gasteiger partial charge in [0.05, 0.1) is 18.3 Å². The molecule has 2 atom stereocenters. The largest absolute Gasteiger partial charge is 0.474 e. The summed E-state index contributed by atoms with van der Waals surface area (Å²) in [6, 6.07) is 1.80. The number of likely N-dealkylation sites (tertiary alicyclic amines) is 1. The van der Waals surface area contributed by atoms with Gasteiger partial charge in [0.15, 0.2) is 5.82 Å². The number of fused-ring (bicyclic) bond motifs is 2. The maximum absolute atomic E-state index is 15.4. The molecule has 1 fully saturated rings. The van der Waals surface area contributed by atoms with E-state index in [-0.39, 0.29) is 42.0 Å². The van der Waals surface area contributed by atoms with Crippen molar-refractivity contribution >= 4 is 34.1 Å².